The number of benzene rings is 2. The summed E-state index contributed by atoms with van der Waals surface area (Å²) in [5, 5.41) is 0. The zero-order chi connectivity index (χ0) is 20.2. The number of nitrogens with one attached hydrogen (secondary N) is 1. The minimum Gasteiger partial charge on any atom is -0.496 e. The summed E-state index contributed by atoms with van der Waals surface area (Å²) in [5.74, 6) is 2.28. The van der Waals surface area contributed by atoms with Crippen LogP contribution in [-0.4, -0.2) is 22.1 Å². The lowest BCUT2D eigenvalue weighted by Crippen LogP contribution is -1.99. The average molecular weight is 385 g/mol. The van der Waals surface area contributed by atoms with Gasteiger partial charge in [0.1, 0.15) is 23.9 Å². The maximum absolute atomic E-state index is 5.88. The van der Waals surface area contributed by atoms with Crippen molar-refractivity contribution in [1.82, 2.24) is 15.0 Å². The van der Waals surface area contributed by atoms with Crippen molar-refractivity contribution in [3.8, 4) is 34.1 Å². The molecule has 0 spiro atoms. The highest BCUT2D eigenvalue weighted by Gasteiger charge is 2.12. The SMILES string of the molecule is COc1cc(OCc2ccc(C)cn2)ccc1-c1cnc(-c2ccc(C)cc2)[nH]1. The van der Waals surface area contributed by atoms with Crippen LogP contribution in [0.5, 0.6) is 11.5 Å². The summed E-state index contributed by atoms with van der Waals surface area (Å²) in [6, 6.07) is 18.1. The molecule has 0 bridgehead atoms. The molecule has 0 unspecified atom stereocenters. The zero-order valence-electron chi connectivity index (χ0n) is 16.8. The number of imidazole rings is 1. The second-order valence-corrected chi connectivity index (χ2v) is 6.99. The summed E-state index contributed by atoms with van der Waals surface area (Å²) in [4.78, 5) is 12.3. The van der Waals surface area contributed by atoms with E-state index in [1.165, 1.54) is 5.56 Å². The summed E-state index contributed by atoms with van der Waals surface area (Å²) in [6.07, 6.45) is 3.66. The van der Waals surface area contributed by atoms with Crippen LogP contribution in [-0.2, 0) is 6.61 Å². The molecule has 5 heteroatoms. The van der Waals surface area contributed by atoms with Crippen LogP contribution in [0.3, 0.4) is 0 Å². The van der Waals surface area contributed by atoms with Crippen LogP contribution in [0.2, 0.25) is 0 Å². The Morgan fingerprint density at radius 1 is 0.862 bits per heavy atom. The number of ether oxygens (including phenoxy) is 2. The van der Waals surface area contributed by atoms with Crippen molar-refractivity contribution in [2.24, 2.45) is 0 Å². The third kappa shape index (κ3) is 4.29. The summed E-state index contributed by atoms with van der Waals surface area (Å²) in [7, 11) is 1.65. The van der Waals surface area contributed by atoms with Gasteiger partial charge in [0.2, 0.25) is 0 Å². The second kappa shape index (κ2) is 8.19. The molecule has 29 heavy (non-hydrogen) atoms. The van der Waals surface area contributed by atoms with Crippen molar-refractivity contribution in [2.75, 3.05) is 7.11 Å². The molecule has 1 N–H and O–H groups in total. The van der Waals surface area contributed by atoms with Gasteiger partial charge in [-0.1, -0.05) is 35.9 Å². The highest BCUT2D eigenvalue weighted by atomic mass is 16.5. The van der Waals surface area contributed by atoms with Gasteiger partial charge in [-0.25, -0.2) is 4.98 Å². The van der Waals surface area contributed by atoms with Crippen LogP contribution >= 0.6 is 0 Å². The minimum atomic E-state index is 0.407. The largest absolute Gasteiger partial charge is 0.496 e. The van der Waals surface area contributed by atoms with Gasteiger partial charge >= 0.3 is 0 Å². The molecule has 5 nitrogen and oxygen atoms in total. The molecule has 0 aliphatic rings. The maximum Gasteiger partial charge on any atom is 0.137 e. The van der Waals surface area contributed by atoms with Crippen LogP contribution in [0.4, 0.5) is 0 Å². The number of pyridine rings is 1. The van der Waals surface area contributed by atoms with Gasteiger partial charge in [0.05, 0.1) is 24.7 Å². The predicted molar refractivity (Wildman–Crippen MR) is 114 cm³/mol. The third-order valence-corrected chi connectivity index (χ3v) is 4.72. The van der Waals surface area contributed by atoms with Crippen molar-refractivity contribution in [2.45, 2.75) is 20.5 Å². The highest BCUT2D eigenvalue weighted by Crippen LogP contribution is 2.33. The van der Waals surface area contributed by atoms with Crippen molar-refractivity contribution < 1.29 is 9.47 Å². The average Bonchev–Trinajstić information content (AvgIpc) is 3.23. The summed E-state index contributed by atoms with van der Waals surface area (Å²) < 4.78 is 11.5. The van der Waals surface area contributed by atoms with E-state index in [1.54, 1.807) is 7.11 Å². The number of aryl methyl sites for hydroxylation is 2. The fourth-order valence-electron chi connectivity index (χ4n) is 3.04. The lowest BCUT2D eigenvalue weighted by atomic mass is 10.1. The molecule has 0 saturated carbocycles. The fraction of sp³-hybridized carbons (Fsp3) is 0.167. The maximum atomic E-state index is 5.88. The number of aromatic amines is 1. The van der Waals surface area contributed by atoms with Gasteiger partial charge in [-0.3, -0.25) is 4.98 Å². The van der Waals surface area contributed by atoms with Gasteiger partial charge in [0.25, 0.3) is 0 Å². The van der Waals surface area contributed by atoms with E-state index in [-0.39, 0.29) is 0 Å². The molecular formula is C24H23N3O2. The van der Waals surface area contributed by atoms with E-state index in [2.05, 4.69) is 46.1 Å². The van der Waals surface area contributed by atoms with Gasteiger partial charge in [0, 0.05) is 23.4 Å². The van der Waals surface area contributed by atoms with Gasteiger partial charge < -0.3 is 14.5 Å². The molecule has 4 aromatic rings. The lowest BCUT2D eigenvalue weighted by molar-refractivity contribution is 0.299. The van der Waals surface area contributed by atoms with Crippen molar-refractivity contribution >= 4 is 0 Å². The Balaban J connectivity index is 1.54. The van der Waals surface area contributed by atoms with E-state index in [4.69, 9.17) is 9.47 Å². The Hall–Kier alpha value is -3.60. The smallest absolute Gasteiger partial charge is 0.137 e. The molecule has 2 heterocycles. The van der Waals surface area contributed by atoms with Crippen molar-refractivity contribution in [3.63, 3.8) is 0 Å². The quantitative estimate of drug-likeness (QED) is 0.486. The summed E-state index contributed by atoms with van der Waals surface area (Å²) >= 11 is 0. The topological polar surface area (TPSA) is 60.0 Å². The Morgan fingerprint density at radius 3 is 2.38 bits per heavy atom. The second-order valence-electron chi connectivity index (χ2n) is 6.99. The molecular weight excluding hydrogens is 362 g/mol. The summed E-state index contributed by atoms with van der Waals surface area (Å²) in [5.41, 5.74) is 6.10. The molecule has 2 aromatic heterocycles. The first-order valence-corrected chi connectivity index (χ1v) is 9.47. The van der Waals surface area contributed by atoms with Crippen molar-refractivity contribution in [3.05, 3.63) is 83.8 Å². The fourth-order valence-corrected chi connectivity index (χ4v) is 3.04. The Kier molecular flexibility index (Phi) is 5.29. The van der Waals surface area contributed by atoms with Crippen LogP contribution < -0.4 is 9.47 Å². The first-order valence-electron chi connectivity index (χ1n) is 9.47. The van der Waals surface area contributed by atoms with Crippen LogP contribution in [0.15, 0.2) is 67.0 Å². The molecule has 0 amide bonds. The van der Waals surface area contributed by atoms with Gasteiger partial charge in [0.15, 0.2) is 0 Å². The van der Waals surface area contributed by atoms with Gasteiger partial charge in [-0.2, -0.15) is 0 Å². The molecule has 0 fully saturated rings. The number of nitrogens with zero attached hydrogens (tertiary/aromatic N) is 2. The number of hydrogen-bond donors (Lipinski definition) is 1. The Bertz CT molecular complexity index is 1100. The lowest BCUT2D eigenvalue weighted by Gasteiger charge is -2.11. The molecule has 0 aliphatic carbocycles. The van der Waals surface area contributed by atoms with E-state index in [1.807, 2.05) is 49.6 Å². The Labute approximate surface area is 170 Å². The van der Waals surface area contributed by atoms with Crippen LogP contribution in [0.25, 0.3) is 22.6 Å². The van der Waals surface area contributed by atoms with E-state index in [0.29, 0.717) is 6.61 Å². The van der Waals surface area contributed by atoms with Crippen molar-refractivity contribution in [1.29, 1.82) is 0 Å². The molecule has 0 atom stereocenters. The zero-order valence-corrected chi connectivity index (χ0v) is 16.8. The molecule has 146 valence electrons. The van der Waals surface area contributed by atoms with E-state index in [9.17, 15) is 0 Å². The number of hydrogen-bond acceptors (Lipinski definition) is 4. The number of H-pyrrole nitrogens is 1. The predicted octanol–water partition coefficient (Wildman–Crippen LogP) is 5.34. The van der Waals surface area contributed by atoms with Gasteiger partial charge in [-0.15, -0.1) is 0 Å². The molecule has 0 aliphatic heterocycles. The standard InChI is InChI=1S/C24H23N3O2/c1-16-4-7-18(8-5-16)24-26-14-22(27-24)21-11-10-20(12-23(21)28-3)29-15-19-9-6-17(2)13-25-19/h4-14H,15H2,1-3H3,(H,26,27). The highest BCUT2D eigenvalue weighted by molar-refractivity contribution is 5.70. The number of rotatable bonds is 6. The molecule has 0 radical (unpaired) electrons. The molecule has 0 saturated heterocycles. The summed E-state index contributed by atoms with van der Waals surface area (Å²) in [6.45, 7) is 4.49. The van der Waals surface area contributed by atoms with E-state index in [0.717, 1.165) is 45.4 Å². The monoisotopic (exact) mass is 385 g/mol. The first kappa shape index (κ1) is 18.7. The normalized spacial score (nSPS) is 10.7. The van der Waals surface area contributed by atoms with Gasteiger partial charge in [-0.05, 0) is 37.6 Å². The van der Waals surface area contributed by atoms with Crippen LogP contribution in [0, 0.1) is 13.8 Å². The van der Waals surface area contributed by atoms with Crippen LogP contribution in [0.1, 0.15) is 16.8 Å². The van der Waals surface area contributed by atoms with E-state index < -0.39 is 0 Å². The third-order valence-electron chi connectivity index (χ3n) is 4.72. The Morgan fingerprint density at radius 2 is 1.66 bits per heavy atom. The number of aromatic nitrogens is 3. The number of methoxy groups -OCH3 is 1. The molecule has 4 rings (SSSR count). The van der Waals surface area contributed by atoms with E-state index >= 15 is 0 Å². The minimum absolute atomic E-state index is 0.407. The molecule has 2 aromatic carbocycles. The first-order chi connectivity index (χ1) is 14.1.